The van der Waals surface area contributed by atoms with E-state index >= 15 is 0 Å². The van der Waals surface area contributed by atoms with E-state index in [4.69, 9.17) is 4.74 Å². The number of nitrogens with zero attached hydrogens (tertiary/aromatic N) is 4. The SMILES string of the molecule is CCOCCCNC(=NCC(=O)N(C)C)N(C)Cc1cc(Br)cn1C.I. The van der Waals surface area contributed by atoms with Crippen LogP contribution in [0.4, 0.5) is 0 Å². The van der Waals surface area contributed by atoms with E-state index in [1.807, 2.05) is 32.1 Å². The number of amides is 1. The second-order valence-corrected chi connectivity index (χ2v) is 6.94. The maximum atomic E-state index is 11.8. The fourth-order valence-electron chi connectivity index (χ4n) is 2.16. The number of ether oxygens (including phenoxy) is 1. The van der Waals surface area contributed by atoms with Gasteiger partial charge in [-0.1, -0.05) is 0 Å². The third-order valence-corrected chi connectivity index (χ3v) is 4.08. The average molecular weight is 544 g/mol. The van der Waals surface area contributed by atoms with Gasteiger partial charge in [0.15, 0.2) is 5.96 Å². The molecule has 1 aromatic rings. The van der Waals surface area contributed by atoms with Crippen molar-refractivity contribution in [2.45, 2.75) is 19.9 Å². The summed E-state index contributed by atoms with van der Waals surface area (Å²) in [4.78, 5) is 19.9. The number of rotatable bonds is 9. The van der Waals surface area contributed by atoms with E-state index in [1.165, 1.54) is 0 Å². The van der Waals surface area contributed by atoms with Crippen LogP contribution in [0.5, 0.6) is 0 Å². The molecule has 0 unspecified atom stereocenters. The summed E-state index contributed by atoms with van der Waals surface area (Å²) in [5, 5.41) is 3.32. The van der Waals surface area contributed by atoms with Crippen molar-refractivity contribution in [3.8, 4) is 0 Å². The molecule has 26 heavy (non-hydrogen) atoms. The van der Waals surface area contributed by atoms with Gasteiger partial charge in [-0.25, -0.2) is 4.99 Å². The number of nitrogens with one attached hydrogen (secondary N) is 1. The third-order valence-electron chi connectivity index (χ3n) is 3.65. The molecule has 1 N–H and O–H groups in total. The van der Waals surface area contributed by atoms with Crippen molar-refractivity contribution in [1.82, 2.24) is 19.7 Å². The van der Waals surface area contributed by atoms with Gasteiger partial charge in [0.05, 0.1) is 6.54 Å². The molecule has 1 rings (SSSR count). The van der Waals surface area contributed by atoms with E-state index in [9.17, 15) is 4.79 Å². The van der Waals surface area contributed by atoms with E-state index in [2.05, 4.69) is 36.9 Å². The van der Waals surface area contributed by atoms with Gasteiger partial charge in [0.2, 0.25) is 5.91 Å². The van der Waals surface area contributed by atoms with Gasteiger partial charge in [-0.2, -0.15) is 0 Å². The van der Waals surface area contributed by atoms with Crippen LogP contribution in [0.15, 0.2) is 21.7 Å². The first-order valence-electron chi connectivity index (χ1n) is 8.43. The molecule has 0 aliphatic carbocycles. The molecule has 1 amide bonds. The summed E-state index contributed by atoms with van der Waals surface area (Å²) >= 11 is 3.49. The zero-order chi connectivity index (χ0) is 18.8. The number of aryl methyl sites for hydroxylation is 1. The molecule has 0 aromatic carbocycles. The monoisotopic (exact) mass is 543 g/mol. The summed E-state index contributed by atoms with van der Waals surface area (Å²) in [7, 11) is 7.45. The quantitative estimate of drug-likeness (QED) is 0.225. The fourth-order valence-corrected chi connectivity index (χ4v) is 2.73. The van der Waals surface area contributed by atoms with Crippen LogP contribution in [-0.4, -0.2) is 73.7 Å². The first-order valence-corrected chi connectivity index (χ1v) is 9.22. The fraction of sp³-hybridized carbons (Fsp3) is 0.647. The number of hydrogen-bond acceptors (Lipinski definition) is 3. The van der Waals surface area contributed by atoms with Crippen LogP contribution in [0.1, 0.15) is 19.0 Å². The van der Waals surface area contributed by atoms with E-state index in [0.29, 0.717) is 19.1 Å². The molecular weight excluding hydrogens is 513 g/mol. The molecule has 0 aliphatic heterocycles. The molecule has 0 saturated carbocycles. The van der Waals surface area contributed by atoms with Gasteiger partial charge in [0.25, 0.3) is 0 Å². The molecule has 0 radical (unpaired) electrons. The molecule has 1 aromatic heterocycles. The topological polar surface area (TPSA) is 62.1 Å². The van der Waals surface area contributed by atoms with Crippen molar-refractivity contribution in [2.24, 2.45) is 12.0 Å². The minimum atomic E-state index is -0.0244. The lowest BCUT2D eigenvalue weighted by molar-refractivity contribution is -0.127. The highest BCUT2D eigenvalue weighted by molar-refractivity contribution is 14.0. The maximum absolute atomic E-state index is 11.8. The van der Waals surface area contributed by atoms with Crippen LogP contribution in [0, 0.1) is 0 Å². The highest BCUT2D eigenvalue weighted by atomic mass is 127. The predicted octanol–water partition coefficient (Wildman–Crippen LogP) is 2.30. The van der Waals surface area contributed by atoms with Gasteiger partial charge in [0, 0.05) is 64.3 Å². The average Bonchev–Trinajstić information content (AvgIpc) is 2.86. The summed E-state index contributed by atoms with van der Waals surface area (Å²) in [6.07, 6.45) is 2.91. The van der Waals surface area contributed by atoms with Gasteiger partial charge in [-0.15, -0.1) is 24.0 Å². The first-order chi connectivity index (χ1) is 11.8. The minimum absolute atomic E-state index is 0. The van der Waals surface area contributed by atoms with Crippen LogP contribution >= 0.6 is 39.9 Å². The minimum Gasteiger partial charge on any atom is -0.382 e. The van der Waals surface area contributed by atoms with E-state index < -0.39 is 0 Å². The second kappa shape index (κ2) is 13.4. The van der Waals surface area contributed by atoms with Crippen LogP contribution in [0.25, 0.3) is 0 Å². The number of carbonyl (C=O) groups is 1. The van der Waals surface area contributed by atoms with Gasteiger partial charge in [-0.05, 0) is 35.3 Å². The first kappa shape index (κ1) is 25.2. The zero-order valence-corrected chi connectivity index (χ0v) is 20.2. The number of halogens is 2. The largest absolute Gasteiger partial charge is 0.382 e. The van der Waals surface area contributed by atoms with Crippen LogP contribution in [0.2, 0.25) is 0 Å². The van der Waals surface area contributed by atoms with Crippen molar-refractivity contribution in [2.75, 3.05) is 47.4 Å². The lowest BCUT2D eigenvalue weighted by Gasteiger charge is -2.23. The van der Waals surface area contributed by atoms with Gasteiger partial charge in [-0.3, -0.25) is 4.79 Å². The molecule has 0 bridgehead atoms. The summed E-state index contributed by atoms with van der Waals surface area (Å²) in [5.41, 5.74) is 1.15. The Morgan fingerprint density at radius 1 is 1.38 bits per heavy atom. The molecule has 1 heterocycles. The Hall–Kier alpha value is -0.810. The predicted molar refractivity (Wildman–Crippen MR) is 120 cm³/mol. The number of hydrogen-bond donors (Lipinski definition) is 1. The Morgan fingerprint density at radius 3 is 2.62 bits per heavy atom. The molecule has 0 spiro atoms. The Labute approximate surface area is 182 Å². The van der Waals surface area contributed by atoms with E-state index in [-0.39, 0.29) is 36.4 Å². The standard InChI is InChI=1S/C17H30BrN5O2.HI/c1-6-25-9-7-8-19-17(20-11-16(24)21(2)3)23(5)13-15-10-14(18)12-22(15)4;/h10,12H,6-9,11,13H2,1-5H3,(H,19,20);1H. The van der Waals surface area contributed by atoms with Crippen LogP contribution < -0.4 is 5.32 Å². The zero-order valence-electron chi connectivity index (χ0n) is 16.3. The lowest BCUT2D eigenvalue weighted by Crippen LogP contribution is -2.40. The van der Waals surface area contributed by atoms with Crippen molar-refractivity contribution in [3.05, 3.63) is 22.4 Å². The smallest absolute Gasteiger partial charge is 0.243 e. The molecule has 9 heteroatoms. The summed E-state index contributed by atoms with van der Waals surface area (Å²) in [5.74, 6) is 0.688. The van der Waals surface area contributed by atoms with E-state index in [1.54, 1.807) is 19.0 Å². The molecule has 0 aliphatic rings. The number of carbonyl (C=O) groups excluding carboxylic acids is 1. The highest BCUT2D eigenvalue weighted by Crippen LogP contribution is 2.15. The van der Waals surface area contributed by atoms with Gasteiger partial charge < -0.3 is 24.4 Å². The summed E-state index contributed by atoms with van der Waals surface area (Å²) in [6, 6.07) is 2.08. The molecular formula is C17H31BrIN5O2. The molecule has 7 nitrogen and oxygen atoms in total. The third kappa shape index (κ3) is 9.22. The Kier molecular flexibility index (Phi) is 13.0. The Bertz CT molecular complexity index is 577. The van der Waals surface area contributed by atoms with Crippen molar-refractivity contribution < 1.29 is 9.53 Å². The van der Waals surface area contributed by atoms with Crippen molar-refractivity contribution in [1.29, 1.82) is 0 Å². The van der Waals surface area contributed by atoms with Crippen molar-refractivity contribution in [3.63, 3.8) is 0 Å². The normalized spacial score (nSPS) is 11.1. The number of aliphatic imine (C=N–C) groups is 1. The highest BCUT2D eigenvalue weighted by Gasteiger charge is 2.11. The Balaban J connectivity index is 0.00000625. The van der Waals surface area contributed by atoms with Crippen LogP contribution in [-0.2, 0) is 23.1 Å². The van der Waals surface area contributed by atoms with Crippen molar-refractivity contribution >= 4 is 51.8 Å². The molecule has 0 fully saturated rings. The number of aromatic nitrogens is 1. The molecule has 150 valence electrons. The number of likely N-dealkylation sites (N-methyl/N-ethyl adjacent to an activating group) is 1. The summed E-state index contributed by atoms with van der Waals surface area (Å²) < 4.78 is 8.47. The Morgan fingerprint density at radius 2 is 2.08 bits per heavy atom. The number of guanidine groups is 1. The second-order valence-electron chi connectivity index (χ2n) is 6.02. The maximum Gasteiger partial charge on any atom is 0.243 e. The molecule has 0 saturated heterocycles. The van der Waals surface area contributed by atoms with Crippen LogP contribution in [0.3, 0.4) is 0 Å². The lowest BCUT2D eigenvalue weighted by atomic mass is 10.4. The van der Waals surface area contributed by atoms with E-state index in [0.717, 1.165) is 29.7 Å². The summed E-state index contributed by atoms with van der Waals surface area (Å²) in [6.45, 7) is 4.98. The molecule has 0 atom stereocenters. The van der Waals surface area contributed by atoms with Gasteiger partial charge >= 0.3 is 0 Å². The van der Waals surface area contributed by atoms with Gasteiger partial charge in [0.1, 0.15) is 6.54 Å².